The van der Waals surface area contributed by atoms with Gasteiger partial charge >= 0.3 is 0 Å². The van der Waals surface area contributed by atoms with Gasteiger partial charge in [-0.1, -0.05) is 26.0 Å². The molecule has 0 spiro atoms. The molecule has 1 aromatic carbocycles. The lowest BCUT2D eigenvalue weighted by Gasteiger charge is -2.39. The van der Waals surface area contributed by atoms with Crippen molar-refractivity contribution < 1.29 is 4.74 Å². The van der Waals surface area contributed by atoms with Crippen molar-refractivity contribution in [2.45, 2.75) is 45.1 Å². The molecule has 1 N–H and O–H groups in total. The van der Waals surface area contributed by atoms with E-state index < -0.39 is 5.54 Å². The first-order chi connectivity index (χ1) is 9.60. The van der Waals surface area contributed by atoms with Crippen molar-refractivity contribution in [3.05, 3.63) is 24.3 Å². The van der Waals surface area contributed by atoms with Gasteiger partial charge in [0.15, 0.2) is 0 Å². The standard InChI is InChI=1S/C17H24N2O/c1-13(2)14-7-6-10-17(11-14,12-18)19-15-8-4-5-9-16(15)20-3/h4-5,8-9,13-14,19H,6-7,10-11H2,1-3H3. The summed E-state index contributed by atoms with van der Waals surface area (Å²) in [6, 6.07) is 10.4. The van der Waals surface area contributed by atoms with Crippen LogP contribution in [0.25, 0.3) is 0 Å². The molecule has 0 saturated heterocycles. The average molecular weight is 272 g/mol. The van der Waals surface area contributed by atoms with E-state index in [9.17, 15) is 5.26 Å². The van der Waals surface area contributed by atoms with Crippen molar-refractivity contribution in [1.82, 2.24) is 0 Å². The quantitative estimate of drug-likeness (QED) is 0.892. The number of nitriles is 1. The number of ether oxygens (including phenoxy) is 1. The van der Waals surface area contributed by atoms with Crippen LogP contribution in [0.1, 0.15) is 39.5 Å². The van der Waals surface area contributed by atoms with Gasteiger partial charge in [0.05, 0.1) is 18.9 Å². The van der Waals surface area contributed by atoms with Gasteiger partial charge < -0.3 is 10.1 Å². The molecule has 3 heteroatoms. The van der Waals surface area contributed by atoms with Crippen LogP contribution in [-0.2, 0) is 0 Å². The minimum absolute atomic E-state index is 0.457. The van der Waals surface area contributed by atoms with Gasteiger partial charge in [0.2, 0.25) is 0 Å². The molecule has 20 heavy (non-hydrogen) atoms. The number of rotatable bonds is 4. The molecule has 0 heterocycles. The van der Waals surface area contributed by atoms with Crippen molar-refractivity contribution in [3.8, 4) is 11.8 Å². The lowest BCUT2D eigenvalue weighted by atomic mass is 9.72. The number of anilines is 1. The van der Waals surface area contributed by atoms with Crippen LogP contribution < -0.4 is 10.1 Å². The third kappa shape index (κ3) is 3.07. The maximum Gasteiger partial charge on any atom is 0.141 e. The molecule has 3 nitrogen and oxygen atoms in total. The number of nitrogens with one attached hydrogen (secondary N) is 1. The monoisotopic (exact) mass is 272 g/mol. The minimum atomic E-state index is -0.457. The molecule has 1 fully saturated rings. The molecule has 2 unspecified atom stereocenters. The van der Waals surface area contributed by atoms with E-state index in [1.807, 2.05) is 24.3 Å². The molecule has 0 bridgehead atoms. The molecule has 0 aliphatic heterocycles. The largest absolute Gasteiger partial charge is 0.495 e. The highest BCUT2D eigenvalue weighted by Crippen LogP contribution is 2.39. The SMILES string of the molecule is COc1ccccc1NC1(C#N)CCCC(C(C)C)C1. The zero-order valence-corrected chi connectivity index (χ0v) is 12.6. The van der Waals surface area contributed by atoms with E-state index in [2.05, 4.69) is 25.2 Å². The summed E-state index contributed by atoms with van der Waals surface area (Å²) in [5, 5.41) is 13.2. The van der Waals surface area contributed by atoms with Crippen molar-refractivity contribution in [3.63, 3.8) is 0 Å². The lowest BCUT2D eigenvalue weighted by molar-refractivity contribution is 0.232. The molecule has 0 amide bonds. The van der Waals surface area contributed by atoms with E-state index in [0.29, 0.717) is 11.8 Å². The second-order valence-electron chi connectivity index (χ2n) is 6.12. The lowest BCUT2D eigenvalue weighted by Crippen LogP contribution is -2.42. The van der Waals surface area contributed by atoms with Crippen molar-refractivity contribution in [2.75, 3.05) is 12.4 Å². The summed E-state index contributed by atoms with van der Waals surface area (Å²) in [6.45, 7) is 4.50. The molecule has 108 valence electrons. The van der Waals surface area contributed by atoms with Gasteiger partial charge in [0, 0.05) is 0 Å². The van der Waals surface area contributed by atoms with Crippen LogP contribution >= 0.6 is 0 Å². The van der Waals surface area contributed by atoms with Crippen LogP contribution in [0.3, 0.4) is 0 Å². The summed E-state index contributed by atoms with van der Waals surface area (Å²) in [7, 11) is 1.66. The van der Waals surface area contributed by atoms with Crippen molar-refractivity contribution in [1.29, 1.82) is 5.26 Å². The molecule has 2 rings (SSSR count). The second-order valence-corrected chi connectivity index (χ2v) is 6.12. The Hall–Kier alpha value is -1.69. The van der Waals surface area contributed by atoms with Gasteiger partial charge in [-0.15, -0.1) is 0 Å². The molecule has 1 aliphatic rings. The first-order valence-corrected chi connectivity index (χ1v) is 7.42. The fourth-order valence-corrected chi connectivity index (χ4v) is 3.14. The molecule has 1 saturated carbocycles. The predicted octanol–water partition coefficient (Wildman–Crippen LogP) is 4.22. The number of nitrogens with zero attached hydrogens (tertiary/aromatic N) is 1. The number of methoxy groups -OCH3 is 1. The van der Waals surface area contributed by atoms with Gasteiger partial charge in [-0.2, -0.15) is 5.26 Å². The summed E-state index contributed by atoms with van der Waals surface area (Å²) in [5.41, 5.74) is 0.461. The number of hydrogen-bond donors (Lipinski definition) is 1. The highest BCUT2D eigenvalue weighted by atomic mass is 16.5. The maximum absolute atomic E-state index is 9.71. The highest BCUT2D eigenvalue weighted by molar-refractivity contribution is 5.59. The van der Waals surface area contributed by atoms with Gasteiger partial charge in [0.25, 0.3) is 0 Å². The minimum Gasteiger partial charge on any atom is -0.495 e. The Morgan fingerprint density at radius 2 is 2.15 bits per heavy atom. The number of benzene rings is 1. The van der Waals surface area contributed by atoms with Gasteiger partial charge in [0.1, 0.15) is 11.3 Å². The van der Waals surface area contributed by atoms with E-state index >= 15 is 0 Å². The smallest absolute Gasteiger partial charge is 0.141 e. The first-order valence-electron chi connectivity index (χ1n) is 7.42. The molecule has 1 aromatic rings. The summed E-state index contributed by atoms with van der Waals surface area (Å²) in [6.07, 6.45) is 4.16. The van der Waals surface area contributed by atoms with Crippen LogP contribution in [-0.4, -0.2) is 12.6 Å². The summed E-state index contributed by atoms with van der Waals surface area (Å²) < 4.78 is 5.38. The highest BCUT2D eigenvalue weighted by Gasteiger charge is 2.37. The number of para-hydroxylation sites is 2. The van der Waals surface area contributed by atoms with E-state index in [0.717, 1.165) is 30.7 Å². The third-order valence-corrected chi connectivity index (χ3v) is 4.43. The third-order valence-electron chi connectivity index (χ3n) is 4.43. The Balaban J connectivity index is 2.21. The van der Waals surface area contributed by atoms with Gasteiger partial charge in [-0.25, -0.2) is 0 Å². The Morgan fingerprint density at radius 1 is 1.40 bits per heavy atom. The molecular formula is C17H24N2O. The Morgan fingerprint density at radius 3 is 2.80 bits per heavy atom. The fourth-order valence-electron chi connectivity index (χ4n) is 3.14. The van der Waals surface area contributed by atoms with Crippen LogP contribution in [0, 0.1) is 23.2 Å². The topological polar surface area (TPSA) is 45.0 Å². The second kappa shape index (κ2) is 6.17. The molecule has 0 radical (unpaired) electrons. The molecule has 0 aromatic heterocycles. The van der Waals surface area contributed by atoms with Crippen LogP contribution in [0.15, 0.2) is 24.3 Å². The summed E-state index contributed by atoms with van der Waals surface area (Å²) >= 11 is 0. The first kappa shape index (κ1) is 14.7. The summed E-state index contributed by atoms with van der Waals surface area (Å²) in [5.74, 6) is 2.04. The molecule has 2 atom stereocenters. The van der Waals surface area contributed by atoms with Crippen molar-refractivity contribution >= 4 is 5.69 Å². The van der Waals surface area contributed by atoms with Crippen LogP contribution in [0.5, 0.6) is 5.75 Å². The zero-order chi connectivity index (χ0) is 14.6. The molecular weight excluding hydrogens is 248 g/mol. The Labute approximate surface area is 121 Å². The predicted molar refractivity (Wildman–Crippen MR) is 81.8 cm³/mol. The van der Waals surface area contributed by atoms with Crippen LogP contribution in [0.4, 0.5) is 5.69 Å². The van der Waals surface area contributed by atoms with E-state index in [-0.39, 0.29) is 0 Å². The van der Waals surface area contributed by atoms with Gasteiger partial charge in [-0.05, 0) is 49.7 Å². The normalized spacial score (nSPS) is 26.1. The summed E-state index contributed by atoms with van der Waals surface area (Å²) in [4.78, 5) is 0. The Bertz CT molecular complexity index is 492. The zero-order valence-electron chi connectivity index (χ0n) is 12.6. The van der Waals surface area contributed by atoms with Crippen molar-refractivity contribution in [2.24, 2.45) is 11.8 Å². The van der Waals surface area contributed by atoms with E-state index in [1.165, 1.54) is 6.42 Å². The average Bonchev–Trinajstić information content (AvgIpc) is 2.48. The Kier molecular flexibility index (Phi) is 4.54. The number of hydrogen-bond acceptors (Lipinski definition) is 3. The van der Waals surface area contributed by atoms with E-state index in [4.69, 9.17) is 4.74 Å². The van der Waals surface area contributed by atoms with Crippen LogP contribution in [0.2, 0.25) is 0 Å². The van der Waals surface area contributed by atoms with Gasteiger partial charge in [-0.3, -0.25) is 0 Å². The van der Waals surface area contributed by atoms with E-state index in [1.54, 1.807) is 7.11 Å². The molecule has 1 aliphatic carbocycles. The fraction of sp³-hybridized carbons (Fsp3) is 0.588. The maximum atomic E-state index is 9.71.